The molecule has 118 valence electrons. The number of rotatable bonds is 2. The highest BCUT2D eigenvalue weighted by molar-refractivity contribution is 5.85. The van der Waals surface area contributed by atoms with E-state index in [1.807, 2.05) is 0 Å². The fraction of sp³-hybridized carbons (Fsp3) is 1.00. The number of nitrogens with one attached hydrogen (secondary N) is 1. The maximum atomic E-state index is 3.50. The lowest BCUT2D eigenvalue weighted by atomic mass is 9.63. The molecule has 3 rings (SSSR count). The van der Waals surface area contributed by atoms with Gasteiger partial charge in [0.15, 0.2) is 0 Å². The van der Waals surface area contributed by atoms with Crippen LogP contribution in [-0.4, -0.2) is 37.6 Å². The molecule has 0 amide bonds. The quantitative estimate of drug-likeness (QED) is 0.836. The van der Waals surface area contributed by atoms with Gasteiger partial charge in [0.25, 0.3) is 0 Å². The van der Waals surface area contributed by atoms with Gasteiger partial charge in [-0.15, -0.1) is 12.4 Å². The Hall–Kier alpha value is 0.210. The third kappa shape index (κ3) is 3.69. The molecule has 1 N–H and O–H groups in total. The second-order valence-corrected chi connectivity index (χ2v) is 7.54. The topological polar surface area (TPSA) is 15.3 Å². The van der Waals surface area contributed by atoms with Crippen LogP contribution in [0.5, 0.6) is 0 Å². The van der Waals surface area contributed by atoms with E-state index in [0.29, 0.717) is 5.41 Å². The number of hydrogen-bond donors (Lipinski definition) is 1. The van der Waals surface area contributed by atoms with Gasteiger partial charge >= 0.3 is 0 Å². The van der Waals surface area contributed by atoms with E-state index >= 15 is 0 Å². The van der Waals surface area contributed by atoms with Gasteiger partial charge in [0.1, 0.15) is 0 Å². The molecule has 3 heteroatoms. The van der Waals surface area contributed by atoms with Crippen molar-refractivity contribution in [2.75, 3.05) is 32.7 Å². The van der Waals surface area contributed by atoms with Gasteiger partial charge in [-0.25, -0.2) is 0 Å². The van der Waals surface area contributed by atoms with Crippen LogP contribution in [0.4, 0.5) is 0 Å². The zero-order valence-corrected chi connectivity index (χ0v) is 14.0. The molecule has 1 spiro atoms. The molecule has 20 heavy (non-hydrogen) atoms. The van der Waals surface area contributed by atoms with E-state index in [1.54, 1.807) is 0 Å². The minimum Gasteiger partial charge on any atom is -0.317 e. The first-order valence-electron chi connectivity index (χ1n) is 8.72. The van der Waals surface area contributed by atoms with E-state index < -0.39 is 0 Å². The van der Waals surface area contributed by atoms with Crippen molar-refractivity contribution in [2.45, 2.75) is 58.3 Å². The average Bonchev–Trinajstić information content (AvgIpc) is 2.45. The highest BCUT2D eigenvalue weighted by Crippen LogP contribution is 2.46. The van der Waals surface area contributed by atoms with Gasteiger partial charge < -0.3 is 10.2 Å². The van der Waals surface area contributed by atoms with Gasteiger partial charge in [-0.2, -0.15) is 0 Å². The molecule has 0 radical (unpaired) electrons. The predicted molar refractivity (Wildman–Crippen MR) is 88.6 cm³/mol. The molecule has 0 aromatic rings. The molecule has 0 aromatic heterocycles. The molecule has 1 saturated carbocycles. The van der Waals surface area contributed by atoms with Gasteiger partial charge in [-0.1, -0.05) is 26.2 Å². The average molecular weight is 301 g/mol. The summed E-state index contributed by atoms with van der Waals surface area (Å²) in [5.41, 5.74) is 0.698. The number of piperidine rings is 2. The minimum atomic E-state index is 0. The van der Waals surface area contributed by atoms with E-state index in [1.165, 1.54) is 84.1 Å². The highest BCUT2D eigenvalue weighted by atomic mass is 35.5. The summed E-state index contributed by atoms with van der Waals surface area (Å²) in [6, 6.07) is 0. The molecule has 2 aliphatic heterocycles. The number of hydrogen-bond acceptors (Lipinski definition) is 2. The molecule has 1 unspecified atom stereocenters. The van der Waals surface area contributed by atoms with Crippen LogP contribution in [0.1, 0.15) is 58.3 Å². The summed E-state index contributed by atoms with van der Waals surface area (Å²) < 4.78 is 0. The maximum Gasteiger partial charge on any atom is 0.00406 e. The Bertz CT molecular complexity index is 283. The SMILES string of the molecule is CC1CCN(CC2CCNCC2)CC12CCCCC2.Cl. The molecule has 0 bridgehead atoms. The summed E-state index contributed by atoms with van der Waals surface area (Å²) in [6.07, 6.45) is 11.7. The van der Waals surface area contributed by atoms with Crippen molar-refractivity contribution < 1.29 is 0 Å². The lowest BCUT2D eigenvalue weighted by molar-refractivity contribution is -0.00354. The van der Waals surface area contributed by atoms with Crippen molar-refractivity contribution in [3.8, 4) is 0 Å². The molecule has 2 nitrogen and oxygen atoms in total. The van der Waals surface area contributed by atoms with Crippen LogP contribution in [0.3, 0.4) is 0 Å². The predicted octanol–water partition coefficient (Wildman–Crippen LogP) is 3.70. The number of nitrogens with zero attached hydrogens (tertiary/aromatic N) is 1. The first-order chi connectivity index (χ1) is 9.28. The van der Waals surface area contributed by atoms with Gasteiger partial charge in [0.2, 0.25) is 0 Å². The van der Waals surface area contributed by atoms with Crippen LogP contribution in [0.15, 0.2) is 0 Å². The summed E-state index contributed by atoms with van der Waals surface area (Å²) in [4.78, 5) is 2.83. The first-order valence-corrected chi connectivity index (χ1v) is 8.72. The fourth-order valence-corrected chi connectivity index (χ4v) is 4.85. The van der Waals surface area contributed by atoms with Crippen molar-refractivity contribution in [3.63, 3.8) is 0 Å². The Morgan fingerprint density at radius 2 is 1.75 bits per heavy atom. The summed E-state index contributed by atoms with van der Waals surface area (Å²) in [5, 5.41) is 3.50. The Labute approximate surface area is 131 Å². The van der Waals surface area contributed by atoms with Crippen molar-refractivity contribution in [2.24, 2.45) is 17.3 Å². The zero-order valence-electron chi connectivity index (χ0n) is 13.2. The standard InChI is InChI=1S/C17H32N2.ClH/c1-15-7-12-19(13-16-5-10-18-11-6-16)14-17(15)8-3-2-4-9-17;/h15-16,18H,2-14H2,1H3;1H. The summed E-state index contributed by atoms with van der Waals surface area (Å²) >= 11 is 0. The monoisotopic (exact) mass is 300 g/mol. The van der Waals surface area contributed by atoms with E-state index in [-0.39, 0.29) is 12.4 Å². The smallest absolute Gasteiger partial charge is 0.00406 e. The van der Waals surface area contributed by atoms with E-state index in [0.717, 1.165) is 11.8 Å². The molecule has 2 heterocycles. The van der Waals surface area contributed by atoms with Crippen LogP contribution < -0.4 is 5.32 Å². The first kappa shape index (κ1) is 16.6. The van der Waals surface area contributed by atoms with Gasteiger partial charge in [0, 0.05) is 13.1 Å². The molecular formula is C17H33ClN2. The normalized spacial score (nSPS) is 31.9. The van der Waals surface area contributed by atoms with Crippen molar-refractivity contribution >= 4 is 12.4 Å². The highest BCUT2D eigenvalue weighted by Gasteiger charge is 2.41. The van der Waals surface area contributed by atoms with Gasteiger partial charge in [-0.05, 0) is 69.0 Å². The van der Waals surface area contributed by atoms with Crippen molar-refractivity contribution in [1.29, 1.82) is 0 Å². The number of halogens is 1. The zero-order chi connectivity index (χ0) is 13.1. The molecule has 1 atom stereocenters. The Morgan fingerprint density at radius 3 is 2.45 bits per heavy atom. The number of likely N-dealkylation sites (tertiary alicyclic amines) is 1. The Kier molecular flexibility index (Phi) is 6.19. The molecule has 2 saturated heterocycles. The van der Waals surface area contributed by atoms with E-state index in [9.17, 15) is 0 Å². The largest absolute Gasteiger partial charge is 0.317 e. The van der Waals surface area contributed by atoms with Gasteiger partial charge in [0.05, 0.1) is 0 Å². The molecule has 1 aliphatic carbocycles. The molecule has 3 aliphatic rings. The van der Waals surface area contributed by atoms with Crippen LogP contribution in [0, 0.1) is 17.3 Å². The molecule has 3 fully saturated rings. The fourth-order valence-electron chi connectivity index (χ4n) is 4.85. The maximum absolute atomic E-state index is 3.50. The minimum absolute atomic E-state index is 0. The lowest BCUT2D eigenvalue weighted by Gasteiger charge is -2.50. The Morgan fingerprint density at radius 1 is 1.05 bits per heavy atom. The van der Waals surface area contributed by atoms with Crippen molar-refractivity contribution in [1.82, 2.24) is 10.2 Å². The second kappa shape index (κ2) is 7.47. The van der Waals surface area contributed by atoms with Crippen LogP contribution in [-0.2, 0) is 0 Å². The third-order valence-electron chi connectivity index (χ3n) is 6.29. The lowest BCUT2D eigenvalue weighted by Crippen LogP contribution is -2.50. The van der Waals surface area contributed by atoms with Crippen LogP contribution in [0.2, 0.25) is 0 Å². The summed E-state index contributed by atoms with van der Waals surface area (Å²) in [7, 11) is 0. The van der Waals surface area contributed by atoms with Crippen LogP contribution >= 0.6 is 12.4 Å². The van der Waals surface area contributed by atoms with E-state index in [4.69, 9.17) is 0 Å². The summed E-state index contributed by atoms with van der Waals surface area (Å²) in [6.45, 7) is 9.20. The second-order valence-electron chi connectivity index (χ2n) is 7.54. The molecular weight excluding hydrogens is 268 g/mol. The third-order valence-corrected chi connectivity index (χ3v) is 6.29. The summed E-state index contributed by atoms with van der Waals surface area (Å²) in [5.74, 6) is 1.94. The van der Waals surface area contributed by atoms with Gasteiger partial charge in [-0.3, -0.25) is 0 Å². The Balaban J connectivity index is 0.00000147. The van der Waals surface area contributed by atoms with Crippen molar-refractivity contribution in [3.05, 3.63) is 0 Å². The molecule has 0 aromatic carbocycles. The van der Waals surface area contributed by atoms with E-state index in [2.05, 4.69) is 17.1 Å². The van der Waals surface area contributed by atoms with Crippen LogP contribution in [0.25, 0.3) is 0 Å².